The van der Waals surface area contributed by atoms with Crippen LogP contribution in [0.1, 0.15) is 26.7 Å². The molecule has 0 aliphatic carbocycles. The maximum atomic E-state index is 5.46. The number of nitrogens with one attached hydrogen (secondary N) is 1. The van der Waals surface area contributed by atoms with E-state index in [9.17, 15) is 0 Å². The van der Waals surface area contributed by atoms with E-state index in [1.54, 1.807) is 7.11 Å². The molecule has 14 heavy (non-hydrogen) atoms. The topological polar surface area (TPSA) is 56.5 Å². The zero-order valence-corrected chi connectivity index (χ0v) is 9.58. The van der Waals surface area contributed by atoms with Gasteiger partial charge in [0.2, 0.25) is 0 Å². The van der Waals surface area contributed by atoms with Crippen LogP contribution in [0.3, 0.4) is 0 Å². The van der Waals surface area contributed by atoms with E-state index in [0.717, 1.165) is 26.1 Å². The van der Waals surface area contributed by atoms with Crippen LogP contribution in [0, 0.1) is 5.92 Å². The van der Waals surface area contributed by atoms with E-state index in [1.807, 2.05) is 0 Å². The van der Waals surface area contributed by atoms with Gasteiger partial charge in [-0.05, 0) is 18.8 Å². The first kappa shape index (κ1) is 13.8. The SMILES string of the molecule is CCCOCC(NN)C(C)CCOC. The molecule has 86 valence electrons. The molecule has 3 N–H and O–H groups in total. The average Bonchev–Trinajstić information content (AvgIpc) is 2.21. The molecule has 0 heterocycles. The van der Waals surface area contributed by atoms with Gasteiger partial charge in [0.05, 0.1) is 6.61 Å². The van der Waals surface area contributed by atoms with E-state index in [4.69, 9.17) is 15.3 Å². The van der Waals surface area contributed by atoms with Crippen molar-refractivity contribution in [3.8, 4) is 0 Å². The quantitative estimate of drug-likeness (QED) is 0.333. The summed E-state index contributed by atoms with van der Waals surface area (Å²) < 4.78 is 10.5. The highest BCUT2D eigenvalue weighted by molar-refractivity contribution is 4.70. The van der Waals surface area contributed by atoms with Crippen LogP contribution in [0.5, 0.6) is 0 Å². The molecule has 0 bridgehead atoms. The standard InChI is InChI=1S/C10H24N2O2/c1-4-6-14-8-10(12-11)9(2)5-7-13-3/h9-10,12H,4-8,11H2,1-3H3. The van der Waals surface area contributed by atoms with Crippen molar-refractivity contribution in [2.45, 2.75) is 32.7 Å². The first-order valence-electron chi connectivity index (χ1n) is 5.29. The van der Waals surface area contributed by atoms with Crippen LogP contribution in [-0.4, -0.2) is 33.0 Å². The third-order valence-electron chi connectivity index (χ3n) is 2.32. The lowest BCUT2D eigenvalue weighted by Crippen LogP contribution is -2.43. The lowest BCUT2D eigenvalue weighted by atomic mass is 10.00. The Morgan fingerprint density at radius 3 is 2.57 bits per heavy atom. The molecule has 0 amide bonds. The number of nitrogens with two attached hydrogens (primary N) is 1. The molecule has 4 nitrogen and oxygen atoms in total. The molecule has 0 spiro atoms. The van der Waals surface area contributed by atoms with E-state index in [0.29, 0.717) is 12.5 Å². The van der Waals surface area contributed by atoms with Gasteiger partial charge >= 0.3 is 0 Å². The summed E-state index contributed by atoms with van der Waals surface area (Å²) in [6, 6.07) is 0.219. The van der Waals surface area contributed by atoms with Gasteiger partial charge < -0.3 is 9.47 Å². The second-order valence-electron chi connectivity index (χ2n) is 3.61. The van der Waals surface area contributed by atoms with E-state index < -0.39 is 0 Å². The summed E-state index contributed by atoms with van der Waals surface area (Å²) in [7, 11) is 1.71. The van der Waals surface area contributed by atoms with Crippen molar-refractivity contribution in [1.29, 1.82) is 0 Å². The number of rotatable bonds is 9. The highest BCUT2D eigenvalue weighted by Crippen LogP contribution is 2.08. The Balaban J connectivity index is 3.62. The van der Waals surface area contributed by atoms with Crippen molar-refractivity contribution >= 4 is 0 Å². The highest BCUT2D eigenvalue weighted by atomic mass is 16.5. The minimum atomic E-state index is 0.219. The molecule has 0 fully saturated rings. The van der Waals surface area contributed by atoms with Gasteiger partial charge in [0, 0.05) is 26.4 Å². The Morgan fingerprint density at radius 1 is 1.36 bits per heavy atom. The lowest BCUT2D eigenvalue weighted by Gasteiger charge is -2.22. The molecule has 2 atom stereocenters. The molecule has 0 radical (unpaired) electrons. The minimum Gasteiger partial charge on any atom is -0.385 e. The van der Waals surface area contributed by atoms with Crippen LogP contribution >= 0.6 is 0 Å². The van der Waals surface area contributed by atoms with Crippen LogP contribution in [-0.2, 0) is 9.47 Å². The third kappa shape index (κ3) is 6.32. The lowest BCUT2D eigenvalue weighted by molar-refractivity contribution is 0.0865. The summed E-state index contributed by atoms with van der Waals surface area (Å²) in [5.74, 6) is 5.93. The molecule has 0 aromatic rings. The van der Waals surface area contributed by atoms with Crippen molar-refractivity contribution in [2.75, 3.05) is 26.9 Å². The minimum absolute atomic E-state index is 0.219. The molecular weight excluding hydrogens is 180 g/mol. The summed E-state index contributed by atoms with van der Waals surface area (Å²) in [5.41, 5.74) is 2.79. The van der Waals surface area contributed by atoms with Crippen LogP contribution in [0.4, 0.5) is 0 Å². The third-order valence-corrected chi connectivity index (χ3v) is 2.32. The molecular formula is C10H24N2O2. The predicted molar refractivity (Wildman–Crippen MR) is 57.9 cm³/mol. The van der Waals surface area contributed by atoms with Crippen molar-refractivity contribution in [3.63, 3.8) is 0 Å². The number of ether oxygens (including phenoxy) is 2. The largest absolute Gasteiger partial charge is 0.385 e. The normalized spacial score (nSPS) is 15.4. The predicted octanol–water partition coefficient (Wildman–Crippen LogP) is 0.917. The van der Waals surface area contributed by atoms with E-state index >= 15 is 0 Å². The Bertz CT molecular complexity index is 123. The number of hydrogen-bond acceptors (Lipinski definition) is 4. The Hall–Kier alpha value is -0.160. The van der Waals surface area contributed by atoms with E-state index in [1.165, 1.54) is 0 Å². The van der Waals surface area contributed by atoms with Gasteiger partial charge in [0.15, 0.2) is 0 Å². The molecule has 4 heteroatoms. The fourth-order valence-electron chi connectivity index (χ4n) is 1.24. The fraction of sp³-hybridized carbons (Fsp3) is 1.00. The molecule has 0 aliphatic rings. The van der Waals surface area contributed by atoms with Crippen LogP contribution in [0.25, 0.3) is 0 Å². The van der Waals surface area contributed by atoms with E-state index in [2.05, 4.69) is 19.3 Å². The molecule has 0 aromatic carbocycles. The number of methoxy groups -OCH3 is 1. The molecule has 0 rings (SSSR count). The van der Waals surface area contributed by atoms with Crippen molar-refractivity contribution in [3.05, 3.63) is 0 Å². The molecule has 2 unspecified atom stereocenters. The van der Waals surface area contributed by atoms with Gasteiger partial charge in [-0.1, -0.05) is 13.8 Å². The first-order valence-corrected chi connectivity index (χ1v) is 5.29. The first-order chi connectivity index (χ1) is 6.76. The second-order valence-corrected chi connectivity index (χ2v) is 3.61. The van der Waals surface area contributed by atoms with Gasteiger partial charge in [-0.25, -0.2) is 0 Å². The van der Waals surface area contributed by atoms with Crippen molar-refractivity contribution < 1.29 is 9.47 Å². The van der Waals surface area contributed by atoms with Gasteiger partial charge in [0.25, 0.3) is 0 Å². The zero-order chi connectivity index (χ0) is 10.8. The number of hydrogen-bond donors (Lipinski definition) is 2. The Labute approximate surface area is 87.1 Å². The van der Waals surface area contributed by atoms with Gasteiger partial charge in [0.1, 0.15) is 0 Å². The highest BCUT2D eigenvalue weighted by Gasteiger charge is 2.15. The van der Waals surface area contributed by atoms with Gasteiger partial charge in [-0.2, -0.15) is 0 Å². The monoisotopic (exact) mass is 204 g/mol. The van der Waals surface area contributed by atoms with Gasteiger partial charge in [-0.15, -0.1) is 0 Å². The smallest absolute Gasteiger partial charge is 0.0635 e. The van der Waals surface area contributed by atoms with E-state index in [-0.39, 0.29) is 6.04 Å². The summed E-state index contributed by atoms with van der Waals surface area (Å²) in [6.45, 7) is 6.50. The summed E-state index contributed by atoms with van der Waals surface area (Å²) in [6.07, 6.45) is 2.05. The summed E-state index contributed by atoms with van der Waals surface area (Å²) >= 11 is 0. The Morgan fingerprint density at radius 2 is 2.07 bits per heavy atom. The Kier molecular flexibility index (Phi) is 9.29. The molecule has 0 saturated heterocycles. The van der Waals surface area contributed by atoms with Crippen LogP contribution in [0.2, 0.25) is 0 Å². The zero-order valence-electron chi connectivity index (χ0n) is 9.58. The second kappa shape index (κ2) is 9.40. The molecule has 0 aromatic heterocycles. The summed E-state index contributed by atoms with van der Waals surface area (Å²) in [4.78, 5) is 0. The average molecular weight is 204 g/mol. The number of hydrazine groups is 1. The van der Waals surface area contributed by atoms with Crippen LogP contribution in [0.15, 0.2) is 0 Å². The van der Waals surface area contributed by atoms with Crippen LogP contribution < -0.4 is 11.3 Å². The van der Waals surface area contributed by atoms with Crippen molar-refractivity contribution in [2.24, 2.45) is 11.8 Å². The fourth-order valence-corrected chi connectivity index (χ4v) is 1.24. The molecule has 0 saturated carbocycles. The maximum absolute atomic E-state index is 5.46. The summed E-state index contributed by atoms with van der Waals surface area (Å²) in [5, 5.41) is 0. The van der Waals surface area contributed by atoms with Gasteiger partial charge in [-0.3, -0.25) is 11.3 Å². The maximum Gasteiger partial charge on any atom is 0.0635 e. The van der Waals surface area contributed by atoms with Crippen molar-refractivity contribution in [1.82, 2.24) is 5.43 Å². The molecule has 0 aliphatic heterocycles.